The van der Waals surface area contributed by atoms with Gasteiger partial charge in [-0.25, -0.2) is 0 Å². The van der Waals surface area contributed by atoms with Crippen LogP contribution in [-0.4, -0.2) is 217 Å². The van der Waals surface area contributed by atoms with E-state index in [-0.39, 0.29) is 0 Å². The summed E-state index contributed by atoms with van der Waals surface area (Å²) in [5.74, 6) is 14.5. The molecule has 8 fully saturated rings. The molecule has 10 nitrogen and oxygen atoms in total. The number of hydrogen-bond acceptors (Lipinski definition) is 10. The molecular formula is C105H226N10. The van der Waals surface area contributed by atoms with Gasteiger partial charge in [-0.05, 0) is 413 Å². The van der Waals surface area contributed by atoms with Gasteiger partial charge < -0.3 is 44.9 Å². The molecule has 7 aliphatic heterocycles. The fraction of sp³-hybridized carbons (Fsp3) is 1.00. The third-order valence-corrected chi connectivity index (χ3v) is 27.5. The average Bonchev–Trinajstić information content (AvgIpc) is 1.61. The lowest BCUT2D eigenvalue weighted by Crippen LogP contribution is -2.41. The van der Waals surface area contributed by atoms with Crippen molar-refractivity contribution >= 4 is 0 Å². The fourth-order valence-electron chi connectivity index (χ4n) is 18.0. The van der Waals surface area contributed by atoms with E-state index in [0.717, 1.165) is 156 Å². The Bertz CT molecular complexity index is 1920. The lowest BCUT2D eigenvalue weighted by Gasteiger charge is -2.37. The van der Waals surface area contributed by atoms with Crippen molar-refractivity contribution in [2.24, 2.45) is 94.7 Å². The van der Waals surface area contributed by atoms with Gasteiger partial charge in [0.25, 0.3) is 0 Å². The molecule has 0 aromatic rings. The number of hydrogen-bond donors (Lipinski definition) is 2. The lowest BCUT2D eigenvalue weighted by atomic mass is 9.79. The van der Waals surface area contributed by atoms with Crippen LogP contribution in [0.15, 0.2) is 0 Å². The summed E-state index contributed by atoms with van der Waals surface area (Å²) < 4.78 is 0. The van der Waals surface area contributed by atoms with E-state index in [1.807, 2.05) is 13.8 Å². The lowest BCUT2D eigenvalue weighted by molar-refractivity contribution is 0.117. The van der Waals surface area contributed by atoms with Gasteiger partial charge in [0.15, 0.2) is 0 Å². The van der Waals surface area contributed by atoms with Crippen LogP contribution in [0.1, 0.15) is 412 Å². The van der Waals surface area contributed by atoms with Crippen molar-refractivity contribution in [3.8, 4) is 0 Å². The van der Waals surface area contributed by atoms with Gasteiger partial charge in [-0.2, -0.15) is 0 Å². The van der Waals surface area contributed by atoms with Gasteiger partial charge in [-0.15, -0.1) is 0 Å². The smallest absolute Gasteiger partial charge is 0.0101 e. The largest absolute Gasteiger partial charge is 0.315 e. The highest BCUT2D eigenvalue weighted by Crippen LogP contribution is 2.32. The average molecular weight is 1630 g/mol. The first-order valence-electron chi connectivity index (χ1n) is 51.0. The summed E-state index contributed by atoms with van der Waals surface area (Å²) in [4.78, 5) is 20.7. The van der Waals surface area contributed by atoms with Crippen LogP contribution in [-0.2, 0) is 0 Å². The number of piperidine rings is 5. The predicted octanol–water partition coefficient (Wildman–Crippen LogP) is 27.1. The third kappa shape index (κ3) is 60.0. The molecule has 696 valence electrons. The van der Waals surface area contributed by atoms with Crippen LogP contribution >= 0.6 is 0 Å². The molecule has 8 rings (SSSR count). The Hall–Kier alpha value is -0.400. The Labute approximate surface area is 730 Å². The molecule has 0 amide bonds. The summed E-state index contributed by atoms with van der Waals surface area (Å²) in [6.45, 7) is 113. The molecule has 5 atom stereocenters. The van der Waals surface area contributed by atoms with Crippen molar-refractivity contribution < 1.29 is 0 Å². The third-order valence-electron chi connectivity index (χ3n) is 27.5. The van der Waals surface area contributed by atoms with E-state index in [9.17, 15) is 0 Å². The zero-order valence-corrected chi connectivity index (χ0v) is 87.5. The van der Waals surface area contributed by atoms with Crippen LogP contribution < -0.4 is 10.6 Å². The Kier molecular flexibility index (Phi) is 71.1. The highest BCUT2D eigenvalue weighted by molar-refractivity contribution is 4.85. The van der Waals surface area contributed by atoms with E-state index in [4.69, 9.17) is 0 Å². The van der Waals surface area contributed by atoms with Crippen LogP contribution in [0.25, 0.3) is 0 Å². The van der Waals surface area contributed by atoms with Crippen molar-refractivity contribution in [1.29, 1.82) is 0 Å². The number of likely N-dealkylation sites (tertiary alicyclic amines) is 7. The second kappa shape index (κ2) is 68.9. The first-order valence-corrected chi connectivity index (χ1v) is 51.0. The monoisotopic (exact) mass is 1630 g/mol. The van der Waals surface area contributed by atoms with E-state index in [2.05, 4.69) is 327 Å². The molecule has 0 bridgehead atoms. The fourth-order valence-corrected chi connectivity index (χ4v) is 18.0. The quantitative estimate of drug-likeness (QED) is 0.0925. The molecule has 7 heterocycles. The summed E-state index contributed by atoms with van der Waals surface area (Å²) in [5, 5.41) is 7.02. The number of nitrogens with zero attached hydrogens (tertiary/aromatic N) is 8. The second-order valence-electron chi connectivity index (χ2n) is 44.1. The van der Waals surface area contributed by atoms with Gasteiger partial charge in [0.05, 0.1) is 0 Å². The molecule has 10 heteroatoms. The molecule has 7 saturated heterocycles. The van der Waals surface area contributed by atoms with E-state index in [1.54, 1.807) is 0 Å². The molecule has 1 aliphatic carbocycles. The summed E-state index contributed by atoms with van der Waals surface area (Å²) >= 11 is 0. The maximum absolute atomic E-state index is 3.64. The molecule has 0 spiro atoms. The van der Waals surface area contributed by atoms with Gasteiger partial charge in [0, 0.05) is 98.7 Å². The van der Waals surface area contributed by atoms with Gasteiger partial charge >= 0.3 is 0 Å². The highest BCUT2D eigenvalue weighted by atomic mass is 15.2. The molecule has 8 aliphatic rings. The Morgan fingerprint density at radius 2 is 0.609 bits per heavy atom. The number of rotatable bonds is 25. The molecular weight excluding hydrogens is 1400 g/mol. The Morgan fingerprint density at radius 1 is 0.296 bits per heavy atom. The van der Waals surface area contributed by atoms with Gasteiger partial charge in [-0.3, -0.25) is 4.90 Å². The normalized spacial score (nSPS) is 23.6. The molecule has 0 aromatic heterocycles. The van der Waals surface area contributed by atoms with Crippen molar-refractivity contribution in [3.63, 3.8) is 0 Å². The molecule has 0 aromatic carbocycles. The molecule has 1 saturated carbocycles. The predicted molar refractivity (Wildman–Crippen MR) is 526 cm³/mol. The number of nitrogens with one attached hydrogen (secondary N) is 2. The van der Waals surface area contributed by atoms with Crippen LogP contribution in [0, 0.1) is 94.7 Å². The minimum absolute atomic E-state index is 0.642. The van der Waals surface area contributed by atoms with E-state index >= 15 is 0 Å². The zero-order chi connectivity index (χ0) is 88.9. The first-order chi connectivity index (χ1) is 53.6. The summed E-state index contributed by atoms with van der Waals surface area (Å²) in [7, 11) is 2.19. The maximum Gasteiger partial charge on any atom is 0.0101 e. The second-order valence-corrected chi connectivity index (χ2v) is 44.1. The summed E-state index contributed by atoms with van der Waals surface area (Å²) in [5.41, 5.74) is 0. The van der Waals surface area contributed by atoms with Crippen molar-refractivity contribution in [2.75, 3.05) is 105 Å². The highest BCUT2D eigenvalue weighted by Gasteiger charge is 2.31. The van der Waals surface area contributed by atoms with Crippen molar-refractivity contribution in [2.45, 2.75) is 485 Å². The van der Waals surface area contributed by atoms with Gasteiger partial charge in [-0.1, -0.05) is 173 Å². The minimum Gasteiger partial charge on any atom is -0.315 e. The molecule has 3 unspecified atom stereocenters. The Balaban J connectivity index is -0.00000121. The van der Waals surface area contributed by atoms with Gasteiger partial charge in [0.2, 0.25) is 0 Å². The summed E-state index contributed by atoms with van der Waals surface area (Å²) in [6, 6.07) is 8.90. The van der Waals surface area contributed by atoms with E-state index < -0.39 is 0 Å². The summed E-state index contributed by atoms with van der Waals surface area (Å²) in [6.07, 6.45) is 28.1. The molecule has 115 heavy (non-hydrogen) atoms. The minimum atomic E-state index is 0.642. The van der Waals surface area contributed by atoms with Crippen LogP contribution in [0.4, 0.5) is 0 Å². The van der Waals surface area contributed by atoms with Crippen molar-refractivity contribution in [1.82, 2.24) is 49.8 Å². The van der Waals surface area contributed by atoms with Gasteiger partial charge in [0.1, 0.15) is 0 Å². The first kappa shape index (κ1) is 119. The molecule has 2 N–H and O–H groups in total. The Morgan fingerprint density at radius 3 is 0.887 bits per heavy atom. The van der Waals surface area contributed by atoms with Crippen LogP contribution in [0.3, 0.4) is 0 Å². The van der Waals surface area contributed by atoms with Crippen LogP contribution in [0.2, 0.25) is 0 Å². The van der Waals surface area contributed by atoms with E-state index in [0.29, 0.717) is 18.1 Å². The van der Waals surface area contributed by atoms with Crippen LogP contribution in [0.5, 0.6) is 0 Å². The SMILES string of the molecule is CC.CC(C)C1CCCN(C(C)C)C1.CC(C)C1CCN(C(C)C)C1.CC(C)C1CCN(C(C)C)CC1.CC(C)C1CCN(C(C)C)CC1.CC(C)CC1CCCN1C(C)C.CC(C)CCN(C)C(C)C.CC(C)CCNC(C)C.CC(C)N1CCC[C@H](C)C1.CC(C)NC1CCC(C(C)C)CC1.CC(C)[C@@H]1CCCN(C(C)C)C1. The van der Waals surface area contributed by atoms with E-state index in [1.165, 1.54) is 220 Å². The topological polar surface area (TPSA) is 50.0 Å². The zero-order valence-electron chi connectivity index (χ0n) is 87.5. The standard InChI is InChI=1S/C12H25N.5C11H23N.C10H21N.C9H19N.C9H21N.C8H19N.C2H6/c1-9(2)11-5-7-12(8-6-11)13-10(3)4;2*1-9(2)11-5-7-12(8-6-11)10(3)4;2*1-9(2)11-6-5-7-12(8-11)10(3)4;1-9(2)8-11-6-5-7-12(11)10(3)4;1-8(2)10-5-6-11(7-10)9(3)4;1-8(2)10-6-4-5-9(3)7-10;1-8(2)6-7-10(5)9(3)4;1-7(2)5-6-9-8(3)4;1-2/h9-13H,5-8H2,1-4H3;5*9-11H,5-8H2,1-4H3;8-10H,5-7H2,1-4H3;8-9H,4-7H2,1-3H3;8-9H,6-7H2,1-5H3;7-9H,5-6H2,1-4H3;1-2H3/t;;;11-;;;;9-;;;/m...1...0.../s1. The molecule has 0 radical (unpaired) electrons. The maximum atomic E-state index is 3.64. The van der Waals surface area contributed by atoms with Crippen molar-refractivity contribution in [3.05, 3.63) is 0 Å².